The Bertz CT molecular complexity index is 1210. The fourth-order valence-electron chi connectivity index (χ4n) is 3.50. The Kier molecular flexibility index (Phi) is 14.0. The lowest BCUT2D eigenvalue weighted by molar-refractivity contribution is -0.125. The van der Waals surface area contributed by atoms with Crippen LogP contribution in [-0.4, -0.2) is 88.8 Å². The topological polar surface area (TPSA) is 324 Å². The summed E-state index contributed by atoms with van der Waals surface area (Å²) < 4.78 is 0. The van der Waals surface area contributed by atoms with Gasteiger partial charge in [-0.3, -0.25) is 43.9 Å². The number of nitrogens with one attached hydrogen (secondary N) is 3. The van der Waals surface area contributed by atoms with E-state index >= 15 is 0 Å². The van der Waals surface area contributed by atoms with Crippen molar-refractivity contribution in [3.8, 4) is 0 Å². The number of amides is 7. The molecule has 0 saturated heterocycles. The lowest BCUT2D eigenvalue weighted by Gasteiger charge is -2.39. The Labute approximate surface area is 249 Å². The summed E-state index contributed by atoms with van der Waals surface area (Å²) in [5.74, 6) is -5.36. The van der Waals surface area contributed by atoms with Crippen LogP contribution in [0.15, 0.2) is 27.1 Å². The maximum Gasteiger partial charge on any atom is 0.242 e. The van der Waals surface area contributed by atoms with Crippen LogP contribution in [0.3, 0.4) is 0 Å². The fraction of sp³-hybridized carbons (Fsp3) is 0.478. The van der Waals surface area contributed by atoms with Crippen molar-refractivity contribution < 1.29 is 33.6 Å². The van der Waals surface area contributed by atoms with Crippen LogP contribution in [0.4, 0.5) is 0 Å². The van der Waals surface area contributed by atoms with Crippen LogP contribution in [0.25, 0.3) is 0 Å². The molecule has 1 aliphatic rings. The molecule has 5 unspecified atom stereocenters. The van der Waals surface area contributed by atoms with Gasteiger partial charge in [-0.1, -0.05) is 6.58 Å². The molecule has 5 atom stereocenters. The minimum absolute atomic E-state index is 0.0369. The molecule has 0 aromatic rings. The number of hydrogen-bond donors (Lipinski definition) is 9. The largest absolute Gasteiger partial charge is 0.401 e. The highest BCUT2D eigenvalue weighted by atomic mass is 32.2. The molecule has 17 nitrogen and oxygen atoms in total. The Morgan fingerprint density at radius 2 is 1.24 bits per heavy atom. The van der Waals surface area contributed by atoms with Gasteiger partial charge in [0.05, 0.1) is 24.2 Å². The predicted molar refractivity (Wildman–Crippen MR) is 158 cm³/mol. The summed E-state index contributed by atoms with van der Waals surface area (Å²) in [5.41, 5.74) is 33.0. The Hall–Kier alpha value is -4.10. The summed E-state index contributed by atoms with van der Waals surface area (Å²) in [5, 5.41) is 7.92. The van der Waals surface area contributed by atoms with Gasteiger partial charge >= 0.3 is 0 Å². The van der Waals surface area contributed by atoms with E-state index in [2.05, 4.69) is 27.5 Å². The van der Waals surface area contributed by atoms with Crippen molar-refractivity contribution in [1.82, 2.24) is 16.0 Å². The summed E-state index contributed by atoms with van der Waals surface area (Å²) >= 11 is 2.07. The van der Waals surface area contributed by atoms with Gasteiger partial charge in [0, 0.05) is 47.3 Å². The highest BCUT2D eigenvalue weighted by Crippen LogP contribution is 2.43. The Morgan fingerprint density at radius 3 is 1.62 bits per heavy atom. The number of thioether (sulfide) groups is 2. The van der Waals surface area contributed by atoms with Crippen LogP contribution in [-0.2, 0) is 33.6 Å². The normalized spacial score (nSPS) is 18.1. The third-order valence-electron chi connectivity index (χ3n) is 5.47. The zero-order chi connectivity index (χ0) is 32.3. The molecule has 0 saturated carbocycles. The van der Waals surface area contributed by atoms with Crippen LogP contribution in [0, 0.1) is 0 Å². The van der Waals surface area contributed by atoms with Gasteiger partial charge in [0.15, 0.2) is 0 Å². The molecular weight excluding hydrogens is 592 g/mol. The number of carbonyl (C=O) groups excluding carboxylic acids is 7. The van der Waals surface area contributed by atoms with Gasteiger partial charge in [0.2, 0.25) is 41.4 Å². The van der Waals surface area contributed by atoms with Crippen molar-refractivity contribution in [3.63, 3.8) is 0 Å². The van der Waals surface area contributed by atoms with E-state index in [0.29, 0.717) is 9.81 Å². The second-order valence-corrected chi connectivity index (χ2v) is 11.2. The minimum Gasteiger partial charge on any atom is -0.401 e. The second-order valence-electron chi connectivity index (χ2n) is 9.13. The smallest absolute Gasteiger partial charge is 0.242 e. The molecule has 0 aromatic heterocycles. The van der Waals surface area contributed by atoms with E-state index in [9.17, 15) is 33.6 Å². The van der Waals surface area contributed by atoms with Crippen molar-refractivity contribution in [3.05, 3.63) is 22.1 Å². The first-order chi connectivity index (χ1) is 19.4. The number of primary amides is 5. The summed E-state index contributed by atoms with van der Waals surface area (Å²) in [6, 6.07) is -5.37. The molecule has 0 radical (unpaired) electrons. The molecule has 7 amide bonds. The van der Waals surface area contributed by atoms with Crippen molar-refractivity contribution in [2.75, 3.05) is 11.5 Å². The lowest BCUT2D eigenvalue weighted by Crippen LogP contribution is -2.54. The number of aliphatic imine (C=N–C) groups is 1. The Morgan fingerprint density at radius 1 is 0.762 bits per heavy atom. The van der Waals surface area contributed by atoms with Crippen molar-refractivity contribution in [1.29, 1.82) is 0 Å². The summed E-state index contributed by atoms with van der Waals surface area (Å²) in [7, 11) is 0. The number of rotatable bonds is 19. The van der Waals surface area contributed by atoms with Gasteiger partial charge in [0.1, 0.15) is 18.1 Å². The van der Waals surface area contributed by atoms with Crippen LogP contribution in [0.1, 0.15) is 26.7 Å². The average molecular weight is 629 g/mol. The van der Waals surface area contributed by atoms with E-state index in [1.54, 1.807) is 0 Å². The Balaban J connectivity index is 3.70. The number of nitrogens with two attached hydrogens (primary N) is 6. The molecule has 1 rings (SSSR count). The molecule has 232 valence electrons. The summed E-state index contributed by atoms with van der Waals surface area (Å²) in [6.07, 6.45) is -0.801. The van der Waals surface area contributed by atoms with E-state index in [4.69, 9.17) is 34.4 Å². The van der Waals surface area contributed by atoms with Crippen LogP contribution in [0.5, 0.6) is 0 Å². The van der Waals surface area contributed by atoms with Crippen LogP contribution >= 0.6 is 23.5 Å². The standard InChI is InChI=1S/C23H36N10O7S2/c1-8(24)11(4-15(25)36)32-17-18(33-12(21(27)38)5-16(26)37)20(42-7-14(23(29)40)31-10(3)35)19(17)41-6-13(22(28)39)30-9(2)34/h11-14,17,32H,1,4-7,24H2,2-3H3,(H2,25,36)(H2,26,37)(H2,27,38)(H2,28,39)(H2,29,40)(H,30,34)(H,31,35). The molecule has 0 bridgehead atoms. The van der Waals surface area contributed by atoms with E-state index in [1.165, 1.54) is 13.8 Å². The second kappa shape index (κ2) is 16.4. The first-order valence-corrected chi connectivity index (χ1v) is 14.2. The zero-order valence-electron chi connectivity index (χ0n) is 23.0. The molecule has 0 fully saturated rings. The lowest BCUT2D eigenvalue weighted by atomic mass is 9.96. The third-order valence-corrected chi connectivity index (χ3v) is 8.07. The van der Waals surface area contributed by atoms with Gasteiger partial charge in [-0.25, -0.2) is 0 Å². The monoisotopic (exact) mass is 628 g/mol. The van der Waals surface area contributed by atoms with Crippen molar-refractivity contribution in [2.24, 2.45) is 39.4 Å². The van der Waals surface area contributed by atoms with E-state index in [-0.39, 0.29) is 29.3 Å². The predicted octanol–water partition coefficient (Wildman–Crippen LogP) is -4.50. The zero-order valence-corrected chi connectivity index (χ0v) is 24.6. The average Bonchev–Trinajstić information content (AvgIpc) is 2.83. The maximum atomic E-state index is 12.1. The SMILES string of the molecule is C=C(N)C(CC(N)=O)NC1C(=NC(CC(N)=O)C(N)=O)C(SCC(NC(C)=O)C(N)=O)=C1SCC(NC(C)=O)C(N)=O. The molecule has 42 heavy (non-hydrogen) atoms. The first kappa shape index (κ1) is 35.9. The first-order valence-electron chi connectivity index (χ1n) is 12.2. The number of nitrogens with zero attached hydrogens (tertiary/aromatic N) is 1. The fourth-order valence-corrected chi connectivity index (χ4v) is 6.19. The van der Waals surface area contributed by atoms with Crippen LogP contribution < -0.4 is 50.4 Å². The third kappa shape index (κ3) is 11.4. The van der Waals surface area contributed by atoms with Gasteiger partial charge in [-0.2, -0.15) is 0 Å². The number of hydrogen-bond acceptors (Lipinski definition) is 12. The highest BCUT2D eigenvalue weighted by Gasteiger charge is 2.41. The van der Waals surface area contributed by atoms with Crippen molar-refractivity contribution in [2.45, 2.75) is 56.9 Å². The molecule has 1 aliphatic carbocycles. The van der Waals surface area contributed by atoms with E-state index in [0.717, 1.165) is 23.5 Å². The molecule has 0 aliphatic heterocycles. The van der Waals surface area contributed by atoms with Crippen LogP contribution in [0.2, 0.25) is 0 Å². The quantitative estimate of drug-likeness (QED) is 0.0656. The van der Waals surface area contributed by atoms with Gasteiger partial charge in [-0.15, -0.1) is 23.5 Å². The van der Waals surface area contributed by atoms with Gasteiger partial charge < -0.3 is 45.0 Å². The van der Waals surface area contributed by atoms with E-state index in [1.807, 2.05) is 0 Å². The summed E-state index contributed by atoms with van der Waals surface area (Å²) in [6.45, 7) is 6.06. The van der Waals surface area contributed by atoms with E-state index < -0.39 is 78.0 Å². The highest BCUT2D eigenvalue weighted by molar-refractivity contribution is 8.08. The molecule has 15 N–H and O–H groups in total. The van der Waals surface area contributed by atoms with Crippen molar-refractivity contribution >= 4 is 70.6 Å². The number of carbonyl (C=O) groups is 7. The summed E-state index contributed by atoms with van der Waals surface area (Å²) in [4.78, 5) is 87.6. The molecule has 0 spiro atoms. The molecule has 19 heteroatoms. The molecule has 0 aromatic carbocycles. The maximum absolute atomic E-state index is 12.1. The van der Waals surface area contributed by atoms with Gasteiger partial charge in [-0.05, 0) is 0 Å². The van der Waals surface area contributed by atoms with Gasteiger partial charge in [0.25, 0.3) is 0 Å². The minimum atomic E-state index is -1.39. The molecular formula is C23H36N10O7S2. The molecule has 0 heterocycles.